The number of hydrogen-bond donors (Lipinski definition) is 3. The first-order valence-electron chi connectivity index (χ1n) is 5.41. The second-order valence-corrected chi connectivity index (χ2v) is 4.35. The number of aliphatic hydroxyl groups is 3. The zero-order chi connectivity index (χ0) is 14.0. The van der Waals surface area contributed by atoms with Crippen molar-refractivity contribution in [1.82, 2.24) is 0 Å². The summed E-state index contributed by atoms with van der Waals surface area (Å²) in [5, 5.41) is 35.3. The quantitative estimate of drug-likeness (QED) is 0.371. The van der Waals surface area contributed by atoms with Crippen LogP contribution >= 0.6 is 0 Å². The van der Waals surface area contributed by atoms with Crippen molar-refractivity contribution in [3.05, 3.63) is 0 Å². The first kappa shape index (κ1) is 14.8. The Balaban J connectivity index is 2.79. The van der Waals surface area contributed by atoms with E-state index in [9.17, 15) is 24.9 Å². The van der Waals surface area contributed by atoms with Gasteiger partial charge >= 0.3 is 11.9 Å². The van der Waals surface area contributed by atoms with Gasteiger partial charge in [0.2, 0.25) is 12.4 Å². The summed E-state index contributed by atoms with van der Waals surface area (Å²) < 4.78 is 9.57. The summed E-state index contributed by atoms with van der Waals surface area (Å²) in [6, 6.07) is 0. The normalized spacial score (nSPS) is 36.4. The fourth-order valence-electron chi connectivity index (χ4n) is 1.41. The molecule has 0 amide bonds. The molecular formula is C10H17O8+. The molecule has 0 aromatic heterocycles. The molecule has 1 rings (SSSR count). The molecule has 5 N–H and O–H groups in total. The summed E-state index contributed by atoms with van der Waals surface area (Å²) >= 11 is 0. The van der Waals surface area contributed by atoms with E-state index in [1.165, 1.54) is 0 Å². The smallest absolute Gasteiger partial charge is 0.548 e. The standard InChI is InChI=1S/C10H16O8/c1-3(2)9(16)18-10-6(13)4(11)5(12)7(17-10)8(14)15/h3-7,10-13H,1-2H3,(H,14,15)/p+1/t4-,5-,6+,7-,10-/m0/s1. The van der Waals surface area contributed by atoms with Crippen molar-refractivity contribution in [2.45, 2.75) is 44.6 Å². The van der Waals surface area contributed by atoms with Crippen LogP contribution in [0.4, 0.5) is 0 Å². The topological polar surface area (TPSA) is 136 Å². The van der Waals surface area contributed by atoms with Crippen molar-refractivity contribution in [2.75, 3.05) is 0 Å². The molecule has 1 aliphatic heterocycles. The Bertz CT molecular complexity index is 328. The Morgan fingerprint density at radius 2 is 1.72 bits per heavy atom. The lowest BCUT2D eigenvalue weighted by molar-refractivity contribution is -0.287. The second kappa shape index (κ2) is 5.61. The molecule has 5 atom stereocenters. The summed E-state index contributed by atoms with van der Waals surface area (Å²) in [4.78, 5) is 22.2. The second-order valence-electron chi connectivity index (χ2n) is 4.35. The third-order valence-corrected chi connectivity index (χ3v) is 2.53. The Labute approximate surface area is 103 Å². The minimum Gasteiger partial charge on any atom is -0.563 e. The van der Waals surface area contributed by atoms with E-state index in [1.807, 2.05) is 0 Å². The number of carbonyl (C=O) groups excluding carboxylic acids is 2. The van der Waals surface area contributed by atoms with E-state index in [4.69, 9.17) is 14.6 Å². The van der Waals surface area contributed by atoms with Gasteiger partial charge < -0.3 is 29.9 Å². The maximum Gasteiger partial charge on any atom is 0.548 e. The van der Waals surface area contributed by atoms with Crippen molar-refractivity contribution >= 4 is 11.9 Å². The Morgan fingerprint density at radius 3 is 2.17 bits per heavy atom. The zero-order valence-corrected chi connectivity index (χ0v) is 9.94. The van der Waals surface area contributed by atoms with Crippen molar-refractivity contribution in [3.63, 3.8) is 0 Å². The van der Waals surface area contributed by atoms with Crippen LogP contribution in [-0.2, 0) is 19.1 Å². The van der Waals surface area contributed by atoms with Gasteiger partial charge in [-0.1, -0.05) is 13.8 Å². The number of carbonyl (C=O) groups is 2. The maximum absolute atomic E-state index is 11.3. The monoisotopic (exact) mass is 265 g/mol. The summed E-state index contributed by atoms with van der Waals surface area (Å²) in [5.41, 5.74) is 0. The molecule has 0 aromatic carbocycles. The summed E-state index contributed by atoms with van der Waals surface area (Å²) in [7, 11) is 0. The van der Waals surface area contributed by atoms with Crippen LogP contribution in [0.5, 0.6) is 0 Å². The van der Waals surface area contributed by atoms with Crippen molar-refractivity contribution < 1.29 is 39.5 Å². The largest absolute Gasteiger partial charge is 0.563 e. The van der Waals surface area contributed by atoms with Gasteiger partial charge in [-0.2, -0.15) is 0 Å². The molecule has 0 bridgehead atoms. The first-order valence-corrected chi connectivity index (χ1v) is 5.41. The van der Waals surface area contributed by atoms with Gasteiger partial charge in [0.25, 0.3) is 0 Å². The van der Waals surface area contributed by atoms with Gasteiger partial charge in [0.05, 0.1) is 5.92 Å². The summed E-state index contributed by atoms with van der Waals surface area (Å²) in [5.74, 6) is -2.46. The molecule has 18 heavy (non-hydrogen) atoms. The van der Waals surface area contributed by atoms with Gasteiger partial charge in [-0.05, 0) is 0 Å². The van der Waals surface area contributed by atoms with Crippen molar-refractivity contribution in [1.29, 1.82) is 0 Å². The fourth-order valence-corrected chi connectivity index (χ4v) is 1.41. The molecule has 1 fully saturated rings. The van der Waals surface area contributed by atoms with E-state index >= 15 is 0 Å². The number of aliphatic hydroxyl groups excluding tert-OH is 3. The molecule has 0 saturated carbocycles. The van der Waals surface area contributed by atoms with Crippen molar-refractivity contribution in [2.24, 2.45) is 5.92 Å². The molecular weight excluding hydrogens is 248 g/mol. The lowest BCUT2D eigenvalue weighted by Crippen LogP contribution is -2.60. The zero-order valence-electron chi connectivity index (χ0n) is 9.94. The lowest BCUT2D eigenvalue weighted by atomic mass is 9.99. The third kappa shape index (κ3) is 2.96. The van der Waals surface area contributed by atoms with Crippen LogP contribution in [0, 0.1) is 5.92 Å². The number of rotatable bonds is 3. The number of esters is 1. The Kier molecular flexibility index (Phi) is 4.63. The van der Waals surface area contributed by atoms with Crippen LogP contribution in [-0.4, -0.2) is 63.1 Å². The molecule has 0 radical (unpaired) electrons. The molecule has 0 spiro atoms. The highest BCUT2D eigenvalue weighted by Gasteiger charge is 2.51. The molecule has 0 unspecified atom stereocenters. The summed E-state index contributed by atoms with van der Waals surface area (Å²) in [6.07, 6.45) is -8.40. The van der Waals surface area contributed by atoms with E-state index in [1.54, 1.807) is 13.8 Å². The van der Waals surface area contributed by atoms with E-state index in [0.29, 0.717) is 0 Å². The van der Waals surface area contributed by atoms with E-state index in [0.717, 1.165) is 0 Å². The van der Waals surface area contributed by atoms with E-state index in [-0.39, 0.29) is 0 Å². The fraction of sp³-hybridized carbons (Fsp3) is 0.800. The molecule has 8 heteroatoms. The average Bonchev–Trinajstić information content (AvgIpc) is 2.29. The molecule has 1 heterocycles. The highest BCUT2D eigenvalue weighted by atomic mass is 16.7. The summed E-state index contributed by atoms with van der Waals surface area (Å²) in [6.45, 7) is 3.10. The first-order chi connectivity index (χ1) is 8.25. The van der Waals surface area contributed by atoms with E-state index in [2.05, 4.69) is 0 Å². The minimum absolute atomic E-state index is 0.491. The molecule has 104 valence electrons. The Morgan fingerprint density at radius 1 is 1.17 bits per heavy atom. The lowest BCUT2D eigenvalue weighted by Gasteiger charge is -2.36. The van der Waals surface area contributed by atoms with Crippen LogP contribution < -0.4 is 0 Å². The predicted molar refractivity (Wildman–Crippen MR) is 56.2 cm³/mol. The van der Waals surface area contributed by atoms with Crippen molar-refractivity contribution in [3.8, 4) is 0 Å². The van der Waals surface area contributed by atoms with Crippen LogP contribution in [0.25, 0.3) is 0 Å². The molecule has 8 nitrogen and oxygen atoms in total. The van der Waals surface area contributed by atoms with Gasteiger partial charge in [0.1, 0.15) is 18.3 Å². The van der Waals surface area contributed by atoms with Crippen LogP contribution in [0.15, 0.2) is 0 Å². The number of ether oxygens (including phenoxy) is 2. The van der Waals surface area contributed by atoms with Crippen LogP contribution in [0.3, 0.4) is 0 Å². The van der Waals surface area contributed by atoms with Gasteiger partial charge in [-0.25, -0.2) is 0 Å². The highest BCUT2D eigenvalue weighted by Crippen LogP contribution is 2.23. The third-order valence-electron chi connectivity index (χ3n) is 2.53. The van der Waals surface area contributed by atoms with Gasteiger partial charge in [0.15, 0.2) is 0 Å². The molecule has 0 aliphatic carbocycles. The van der Waals surface area contributed by atoms with E-state index < -0.39 is 48.6 Å². The number of hydrogen-bond acceptors (Lipinski definition) is 7. The average molecular weight is 265 g/mol. The van der Waals surface area contributed by atoms with Crippen LogP contribution in [0.1, 0.15) is 13.8 Å². The highest BCUT2D eigenvalue weighted by molar-refractivity contribution is 5.74. The molecule has 1 saturated heterocycles. The molecule has 0 aromatic rings. The SMILES string of the molecule is CC(C)C(=O)O[C@@H]1O[C@H](C(=O)[OH2+])[C@@H](O)[C@H](O)[C@H]1O. The minimum atomic E-state index is -1.74. The van der Waals surface area contributed by atoms with Gasteiger partial charge in [-0.3, -0.25) is 4.79 Å². The molecule has 1 aliphatic rings. The van der Waals surface area contributed by atoms with Crippen LogP contribution in [0.2, 0.25) is 0 Å². The maximum atomic E-state index is 11.3. The van der Waals surface area contributed by atoms with Gasteiger partial charge in [-0.15, -0.1) is 0 Å². The van der Waals surface area contributed by atoms with Gasteiger partial charge in [0, 0.05) is 4.79 Å². The Hall–Kier alpha value is -1.22. The predicted octanol–water partition coefficient (Wildman–Crippen LogP) is -2.76.